The van der Waals surface area contributed by atoms with Crippen LogP contribution < -0.4 is 0 Å². The van der Waals surface area contributed by atoms with Gasteiger partial charge >= 0.3 is 6.09 Å². The SMILES string of the molecule is C=C[C@H]1[C@@H](Cc2ccccc2)COC(=O)N1S(=O)(=O)c1ccc(C)cc1. The number of amides is 1. The smallest absolute Gasteiger partial charge is 0.424 e. The standard InChI is InChI=1S/C20H21NO4S/c1-3-19-17(13-16-7-5-4-6-8-16)14-25-20(22)21(19)26(23,24)18-11-9-15(2)10-12-18/h3-12,17,19H,1,13-14H2,2H3/t17-,19-/m0/s1. The summed E-state index contributed by atoms with van der Waals surface area (Å²) in [7, 11) is -4.03. The number of sulfonamides is 1. The molecular weight excluding hydrogens is 350 g/mol. The quantitative estimate of drug-likeness (QED) is 0.754. The molecule has 1 aliphatic heterocycles. The molecule has 0 radical (unpaired) electrons. The van der Waals surface area contributed by atoms with Gasteiger partial charge in [0.05, 0.1) is 17.5 Å². The summed E-state index contributed by atoms with van der Waals surface area (Å²) in [4.78, 5) is 12.4. The first kappa shape index (κ1) is 18.2. The third kappa shape index (κ3) is 3.51. The number of carbonyl (C=O) groups is 1. The van der Waals surface area contributed by atoms with Crippen molar-refractivity contribution in [2.24, 2.45) is 5.92 Å². The number of hydrogen-bond donors (Lipinski definition) is 0. The summed E-state index contributed by atoms with van der Waals surface area (Å²) in [6.07, 6.45) is 1.24. The molecule has 2 aromatic rings. The molecule has 0 aromatic heterocycles. The van der Waals surface area contributed by atoms with Crippen molar-refractivity contribution in [3.8, 4) is 0 Å². The summed E-state index contributed by atoms with van der Waals surface area (Å²) in [5.41, 5.74) is 1.99. The Hall–Kier alpha value is -2.60. The van der Waals surface area contributed by atoms with Crippen molar-refractivity contribution in [2.45, 2.75) is 24.3 Å². The Morgan fingerprint density at radius 3 is 2.42 bits per heavy atom. The number of cyclic esters (lactones) is 1. The Labute approximate surface area is 154 Å². The van der Waals surface area contributed by atoms with Crippen molar-refractivity contribution >= 4 is 16.1 Å². The fourth-order valence-corrected chi connectivity index (χ4v) is 4.66. The minimum atomic E-state index is -4.03. The second kappa shape index (κ2) is 7.33. The number of carbonyl (C=O) groups excluding carboxylic acids is 1. The fraction of sp³-hybridized carbons (Fsp3) is 0.250. The van der Waals surface area contributed by atoms with Crippen LogP contribution in [0.2, 0.25) is 0 Å². The molecule has 0 spiro atoms. The third-order valence-corrected chi connectivity index (χ3v) is 6.29. The summed E-state index contributed by atoms with van der Waals surface area (Å²) in [5.74, 6) is -0.201. The maximum atomic E-state index is 13.1. The predicted molar refractivity (Wildman–Crippen MR) is 99.2 cm³/mol. The lowest BCUT2D eigenvalue weighted by atomic mass is 9.92. The number of hydrogen-bond acceptors (Lipinski definition) is 4. The van der Waals surface area contributed by atoms with Crippen LogP contribution in [0.5, 0.6) is 0 Å². The average molecular weight is 371 g/mol. The number of aryl methyl sites for hydroxylation is 1. The van der Waals surface area contributed by atoms with E-state index >= 15 is 0 Å². The minimum absolute atomic E-state index is 0.0623. The topological polar surface area (TPSA) is 63.7 Å². The van der Waals surface area contributed by atoms with E-state index in [4.69, 9.17) is 4.74 Å². The van der Waals surface area contributed by atoms with Gasteiger partial charge in [0, 0.05) is 5.92 Å². The van der Waals surface area contributed by atoms with E-state index in [1.807, 2.05) is 37.3 Å². The zero-order valence-electron chi connectivity index (χ0n) is 14.5. The minimum Gasteiger partial charge on any atom is -0.448 e. The van der Waals surface area contributed by atoms with Gasteiger partial charge in [0.25, 0.3) is 10.0 Å². The summed E-state index contributed by atoms with van der Waals surface area (Å²) >= 11 is 0. The van der Waals surface area contributed by atoms with Gasteiger partial charge in [-0.3, -0.25) is 0 Å². The van der Waals surface area contributed by atoms with Crippen LogP contribution in [0.1, 0.15) is 11.1 Å². The van der Waals surface area contributed by atoms with Gasteiger partial charge in [-0.05, 0) is 31.0 Å². The van der Waals surface area contributed by atoms with Crippen molar-refractivity contribution in [3.05, 3.63) is 78.4 Å². The highest BCUT2D eigenvalue weighted by Crippen LogP contribution is 2.30. The first-order valence-electron chi connectivity index (χ1n) is 8.38. The van der Waals surface area contributed by atoms with E-state index in [1.165, 1.54) is 18.2 Å². The molecule has 0 saturated carbocycles. The van der Waals surface area contributed by atoms with E-state index in [1.54, 1.807) is 12.1 Å². The molecule has 1 saturated heterocycles. The van der Waals surface area contributed by atoms with Crippen LogP contribution in [-0.4, -0.2) is 31.5 Å². The van der Waals surface area contributed by atoms with Gasteiger partial charge < -0.3 is 4.74 Å². The largest absolute Gasteiger partial charge is 0.448 e. The molecule has 2 atom stereocenters. The normalized spacial score (nSPS) is 20.5. The Kier molecular flexibility index (Phi) is 5.13. The van der Waals surface area contributed by atoms with Crippen molar-refractivity contribution < 1.29 is 17.9 Å². The molecule has 1 amide bonds. The second-order valence-corrected chi connectivity index (χ2v) is 8.18. The van der Waals surface area contributed by atoms with E-state index in [-0.39, 0.29) is 17.4 Å². The van der Waals surface area contributed by atoms with E-state index in [9.17, 15) is 13.2 Å². The van der Waals surface area contributed by atoms with Gasteiger partial charge in [0.1, 0.15) is 0 Å². The molecule has 5 nitrogen and oxygen atoms in total. The van der Waals surface area contributed by atoms with Crippen LogP contribution in [0.25, 0.3) is 0 Å². The van der Waals surface area contributed by atoms with Gasteiger partial charge in [0.2, 0.25) is 0 Å². The van der Waals surface area contributed by atoms with E-state index in [2.05, 4.69) is 6.58 Å². The van der Waals surface area contributed by atoms with Crippen molar-refractivity contribution in [2.75, 3.05) is 6.61 Å². The van der Waals surface area contributed by atoms with Gasteiger partial charge in [-0.15, -0.1) is 6.58 Å². The summed E-state index contributed by atoms with van der Waals surface area (Å²) in [6.45, 7) is 5.79. The Bertz CT molecular complexity index is 891. The lowest BCUT2D eigenvalue weighted by Crippen LogP contribution is -2.53. The van der Waals surface area contributed by atoms with Gasteiger partial charge in [-0.2, -0.15) is 4.31 Å². The highest BCUT2D eigenvalue weighted by molar-refractivity contribution is 7.89. The van der Waals surface area contributed by atoms with Crippen LogP contribution in [0, 0.1) is 12.8 Å². The summed E-state index contributed by atoms with van der Waals surface area (Å²) < 4.78 is 32.1. The summed E-state index contributed by atoms with van der Waals surface area (Å²) in [6, 6.07) is 15.4. The lowest BCUT2D eigenvalue weighted by molar-refractivity contribution is 0.0545. The Morgan fingerprint density at radius 1 is 1.15 bits per heavy atom. The maximum Gasteiger partial charge on any atom is 0.424 e. The third-order valence-electron chi connectivity index (χ3n) is 4.51. The molecule has 136 valence electrons. The molecule has 0 aliphatic carbocycles. The fourth-order valence-electron chi connectivity index (χ4n) is 3.12. The molecule has 2 aromatic carbocycles. The van der Waals surface area contributed by atoms with Crippen LogP contribution in [-0.2, 0) is 21.2 Å². The molecule has 0 unspecified atom stereocenters. The average Bonchev–Trinajstić information content (AvgIpc) is 2.64. The first-order chi connectivity index (χ1) is 12.4. The molecule has 26 heavy (non-hydrogen) atoms. The van der Waals surface area contributed by atoms with Gasteiger partial charge in [0.15, 0.2) is 0 Å². The zero-order chi connectivity index (χ0) is 18.7. The molecule has 6 heteroatoms. The number of nitrogens with zero attached hydrogens (tertiary/aromatic N) is 1. The highest BCUT2D eigenvalue weighted by atomic mass is 32.2. The lowest BCUT2D eigenvalue weighted by Gasteiger charge is -2.38. The first-order valence-corrected chi connectivity index (χ1v) is 9.82. The number of rotatable bonds is 5. The van der Waals surface area contributed by atoms with Gasteiger partial charge in [-0.1, -0.05) is 54.1 Å². The van der Waals surface area contributed by atoms with E-state index in [0.717, 1.165) is 15.4 Å². The van der Waals surface area contributed by atoms with E-state index in [0.29, 0.717) is 6.42 Å². The Morgan fingerprint density at radius 2 is 1.81 bits per heavy atom. The van der Waals surface area contributed by atoms with Gasteiger partial charge in [-0.25, -0.2) is 13.2 Å². The highest BCUT2D eigenvalue weighted by Gasteiger charge is 2.43. The zero-order valence-corrected chi connectivity index (χ0v) is 15.4. The van der Waals surface area contributed by atoms with Crippen LogP contribution in [0.3, 0.4) is 0 Å². The molecule has 1 aliphatic rings. The van der Waals surface area contributed by atoms with Crippen molar-refractivity contribution in [1.82, 2.24) is 4.31 Å². The van der Waals surface area contributed by atoms with Crippen molar-refractivity contribution in [3.63, 3.8) is 0 Å². The molecule has 1 heterocycles. The molecule has 0 bridgehead atoms. The number of benzene rings is 2. The van der Waals surface area contributed by atoms with Crippen molar-refractivity contribution in [1.29, 1.82) is 0 Å². The van der Waals surface area contributed by atoms with Crippen LogP contribution in [0.15, 0.2) is 72.1 Å². The second-order valence-electron chi connectivity index (χ2n) is 6.37. The maximum absolute atomic E-state index is 13.1. The Balaban J connectivity index is 1.94. The molecule has 0 N–H and O–H groups in total. The molecular formula is C20H21NO4S. The summed E-state index contributed by atoms with van der Waals surface area (Å²) in [5, 5.41) is 0. The van der Waals surface area contributed by atoms with E-state index < -0.39 is 22.2 Å². The predicted octanol–water partition coefficient (Wildman–Crippen LogP) is 3.55. The van der Waals surface area contributed by atoms with Crippen LogP contribution >= 0.6 is 0 Å². The number of ether oxygens (including phenoxy) is 1. The molecule has 1 fully saturated rings. The monoisotopic (exact) mass is 371 g/mol. The molecule has 3 rings (SSSR count). The van der Waals surface area contributed by atoms with Crippen LogP contribution in [0.4, 0.5) is 4.79 Å².